The molecule has 0 rings (SSSR count). The molecule has 0 fully saturated rings. The molecule has 0 saturated carbocycles. The third-order valence-corrected chi connectivity index (χ3v) is 7.00. The standard InChI is InChI=1S/C8H17AsO/c1-4-9(5-2)7-8-10-6-3/h6H,3-5,7-8H2,1-2H3. The maximum absolute atomic E-state index is 5.07. The van der Waals surface area contributed by atoms with E-state index < -0.39 is 14.7 Å². The van der Waals surface area contributed by atoms with Gasteiger partial charge in [0.05, 0.1) is 0 Å². The van der Waals surface area contributed by atoms with E-state index >= 15 is 0 Å². The molecular weight excluding hydrogens is 187 g/mol. The van der Waals surface area contributed by atoms with E-state index in [4.69, 9.17) is 4.74 Å². The zero-order valence-corrected chi connectivity index (χ0v) is 8.84. The van der Waals surface area contributed by atoms with Crippen molar-refractivity contribution in [3.8, 4) is 0 Å². The minimum absolute atomic E-state index is 0.458. The van der Waals surface area contributed by atoms with Gasteiger partial charge in [-0.1, -0.05) is 0 Å². The van der Waals surface area contributed by atoms with Crippen molar-refractivity contribution in [2.75, 3.05) is 6.61 Å². The van der Waals surface area contributed by atoms with Crippen molar-refractivity contribution < 1.29 is 4.74 Å². The van der Waals surface area contributed by atoms with E-state index in [0.717, 1.165) is 6.61 Å². The maximum atomic E-state index is 5.07. The Morgan fingerprint density at radius 2 is 2.00 bits per heavy atom. The van der Waals surface area contributed by atoms with Crippen molar-refractivity contribution >= 4 is 14.7 Å². The fraction of sp³-hybridized carbons (Fsp3) is 0.750. The Bertz CT molecular complexity index is 79.3. The van der Waals surface area contributed by atoms with Crippen LogP contribution < -0.4 is 0 Å². The Labute approximate surface area is 68.7 Å². The van der Waals surface area contributed by atoms with Crippen LogP contribution in [0.5, 0.6) is 0 Å². The van der Waals surface area contributed by atoms with Gasteiger partial charge in [0.2, 0.25) is 0 Å². The average Bonchev–Trinajstić information content (AvgIpc) is 1.99. The van der Waals surface area contributed by atoms with Gasteiger partial charge in [-0.05, 0) is 0 Å². The first kappa shape index (κ1) is 10.1. The van der Waals surface area contributed by atoms with Gasteiger partial charge in [-0.25, -0.2) is 0 Å². The second-order valence-electron chi connectivity index (χ2n) is 2.06. The zero-order chi connectivity index (χ0) is 7.82. The summed E-state index contributed by atoms with van der Waals surface area (Å²) in [5, 5.41) is 4.13. The van der Waals surface area contributed by atoms with Gasteiger partial charge in [-0.15, -0.1) is 0 Å². The molecule has 0 aliphatic carbocycles. The topological polar surface area (TPSA) is 9.23 Å². The van der Waals surface area contributed by atoms with Crippen molar-refractivity contribution in [2.45, 2.75) is 29.5 Å². The summed E-state index contributed by atoms with van der Waals surface area (Å²) in [6, 6.07) is 0. The first-order valence-electron chi connectivity index (χ1n) is 3.80. The molecular formula is C8H17AsO. The van der Waals surface area contributed by atoms with Crippen molar-refractivity contribution in [3.05, 3.63) is 12.8 Å². The number of ether oxygens (including phenoxy) is 1. The number of rotatable bonds is 6. The van der Waals surface area contributed by atoms with E-state index in [0.29, 0.717) is 0 Å². The fourth-order valence-electron chi connectivity index (χ4n) is 0.805. The molecule has 0 bridgehead atoms. The summed E-state index contributed by atoms with van der Waals surface area (Å²) in [4.78, 5) is 0. The molecule has 0 radical (unpaired) electrons. The van der Waals surface area contributed by atoms with Gasteiger partial charge in [0, 0.05) is 0 Å². The molecule has 0 unspecified atom stereocenters. The Balaban J connectivity index is 3.16. The van der Waals surface area contributed by atoms with Crippen molar-refractivity contribution in [3.63, 3.8) is 0 Å². The van der Waals surface area contributed by atoms with E-state index in [2.05, 4.69) is 20.4 Å². The number of hydrogen-bond acceptors (Lipinski definition) is 1. The average molecular weight is 204 g/mol. The predicted molar refractivity (Wildman–Crippen MR) is 47.7 cm³/mol. The van der Waals surface area contributed by atoms with Crippen LogP contribution in [-0.2, 0) is 4.74 Å². The molecule has 0 saturated heterocycles. The summed E-state index contributed by atoms with van der Waals surface area (Å²) in [5.74, 6) is 0. The molecule has 0 aromatic rings. The Hall–Kier alpha value is 0.0984. The molecule has 0 aliphatic rings. The first-order valence-corrected chi connectivity index (χ1v) is 7.78. The molecule has 0 aromatic carbocycles. The van der Waals surface area contributed by atoms with E-state index in [-0.39, 0.29) is 0 Å². The van der Waals surface area contributed by atoms with Gasteiger partial charge >= 0.3 is 68.3 Å². The SMILES string of the molecule is C=COCC[As](CC)CC. The van der Waals surface area contributed by atoms with Gasteiger partial charge in [-0.3, -0.25) is 0 Å². The molecule has 10 heavy (non-hydrogen) atoms. The predicted octanol–water partition coefficient (Wildman–Crippen LogP) is 2.68. The number of hydrogen-bond donors (Lipinski definition) is 0. The molecule has 2 heteroatoms. The van der Waals surface area contributed by atoms with E-state index in [1.165, 1.54) is 21.9 Å². The van der Waals surface area contributed by atoms with Gasteiger partial charge in [0.25, 0.3) is 0 Å². The quantitative estimate of drug-likeness (QED) is 0.367. The normalized spacial score (nSPS) is 9.90. The van der Waals surface area contributed by atoms with Crippen LogP contribution in [0.25, 0.3) is 0 Å². The monoisotopic (exact) mass is 204 g/mol. The molecule has 0 spiro atoms. The van der Waals surface area contributed by atoms with E-state index in [1.807, 2.05) is 0 Å². The van der Waals surface area contributed by atoms with Crippen LogP contribution in [0.2, 0.25) is 15.6 Å². The van der Waals surface area contributed by atoms with Crippen molar-refractivity contribution in [1.82, 2.24) is 0 Å². The Morgan fingerprint density at radius 1 is 1.40 bits per heavy atom. The second-order valence-corrected chi connectivity index (χ2v) is 8.47. The summed E-state index contributed by atoms with van der Waals surface area (Å²) in [7, 11) is 0. The van der Waals surface area contributed by atoms with Gasteiger partial charge in [0.1, 0.15) is 0 Å². The summed E-state index contributed by atoms with van der Waals surface area (Å²) in [6.45, 7) is 8.98. The van der Waals surface area contributed by atoms with Crippen LogP contribution in [0, 0.1) is 0 Å². The molecule has 1 nitrogen and oxygen atoms in total. The van der Waals surface area contributed by atoms with Crippen LogP contribution in [-0.4, -0.2) is 21.3 Å². The molecule has 60 valence electrons. The van der Waals surface area contributed by atoms with E-state index in [1.54, 1.807) is 0 Å². The van der Waals surface area contributed by atoms with Gasteiger partial charge < -0.3 is 0 Å². The summed E-state index contributed by atoms with van der Waals surface area (Å²) < 4.78 is 5.07. The summed E-state index contributed by atoms with van der Waals surface area (Å²) in [6.07, 6.45) is 1.54. The zero-order valence-electron chi connectivity index (χ0n) is 6.97. The van der Waals surface area contributed by atoms with Crippen LogP contribution in [0.1, 0.15) is 13.8 Å². The molecule has 0 aromatic heterocycles. The Kier molecular flexibility index (Phi) is 7.28. The van der Waals surface area contributed by atoms with Crippen molar-refractivity contribution in [2.24, 2.45) is 0 Å². The molecule has 0 N–H and O–H groups in total. The van der Waals surface area contributed by atoms with Crippen LogP contribution in [0.15, 0.2) is 12.8 Å². The van der Waals surface area contributed by atoms with Crippen LogP contribution in [0.3, 0.4) is 0 Å². The summed E-state index contributed by atoms with van der Waals surface area (Å²) in [5.41, 5.74) is 0. The van der Waals surface area contributed by atoms with Gasteiger partial charge in [0.15, 0.2) is 0 Å². The molecule has 0 heterocycles. The third kappa shape index (κ3) is 4.93. The van der Waals surface area contributed by atoms with Crippen molar-refractivity contribution in [1.29, 1.82) is 0 Å². The molecule has 0 atom stereocenters. The van der Waals surface area contributed by atoms with E-state index in [9.17, 15) is 0 Å². The molecule has 0 amide bonds. The van der Waals surface area contributed by atoms with Gasteiger partial charge in [-0.2, -0.15) is 0 Å². The second kappa shape index (κ2) is 7.21. The fourth-order valence-corrected chi connectivity index (χ4v) is 3.83. The first-order chi connectivity index (χ1) is 4.85. The third-order valence-electron chi connectivity index (χ3n) is 1.54. The van der Waals surface area contributed by atoms with Crippen LogP contribution >= 0.6 is 0 Å². The molecule has 0 aliphatic heterocycles. The van der Waals surface area contributed by atoms with Crippen LogP contribution in [0.4, 0.5) is 0 Å². The Morgan fingerprint density at radius 3 is 2.40 bits per heavy atom. The minimum atomic E-state index is -0.458. The summed E-state index contributed by atoms with van der Waals surface area (Å²) >= 11 is -0.458.